The molecular weight excluding hydrogens is 139 g/mol. The minimum absolute atomic E-state index is 0.266. The number of hydrogen-bond donors (Lipinski definition) is 0. The Morgan fingerprint density at radius 2 is 1.82 bits per heavy atom. The summed E-state index contributed by atoms with van der Waals surface area (Å²) in [5, 5.41) is 0. The summed E-state index contributed by atoms with van der Waals surface area (Å²) in [4.78, 5) is 0. The molecular formula is C10H19F. The summed E-state index contributed by atoms with van der Waals surface area (Å²) >= 11 is 0. The van der Waals surface area contributed by atoms with Crippen LogP contribution in [0.3, 0.4) is 0 Å². The van der Waals surface area contributed by atoms with Crippen molar-refractivity contribution in [3.05, 3.63) is 0 Å². The highest BCUT2D eigenvalue weighted by atomic mass is 19.1. The van der Waals surface area contributed by atoms with Gasteiger partial charge in [0.15, 0.2) is 0 Å². The van der Waals surface area contributed by atoms with Gasteiger partial charge in [-0.2, -0.15) is 0 Å². The molecule has 1 aliphatic rings. The molecule has 1 unspecified atom stereocenters. The fourth-order valence-corrected chi connectivity index (χ4v) is 2.00. The van der Waals surface area contributed by atoms with Gasteiger partial charge in [0.25, 0.3) is 0 Å². The summed E-state index contributed by atoms with van der Waals surface area (Å²) in [6.45, 7) is 4.13. The van der Waals surface area contributed by atoms with Crippen molar-refractivity contribution in [2.24, 2.45) is 5.92 Å². The predicted octanol–water partition coefficient (Wildman–Crippen LogP) is 3.70. The van der Waals surface area contributed by atoms with Crippen molar-refractivity contribution in [3.63, 3.8) is 0 Å². The first-order valence-electron chi connectivity index (χ1n) is 4.88. The van der Waals surface area contributed by atoms with Crippen LogP contribution in [-0.2, 0) is 0 Å². The lowest BCUT2D eigenvalue weighted by atomic mass is 9.77. The quantitative estimate of drug-likeness (QED) is 0.574. The average molecular weight is 158 g/mol. The van der Waals surface area contributed by atoms with Crippen LogP contribution in [0.5, 0.6) is 0 Å². The summed E-state index contributed by atoms with van der Waals surface area (Å²) in [5.74, 6) is 0.266. The highest BCUT2D eigenvalue weighted by Gasteiger charge is 2.35. The number of halogens is 1. The zero-order valence-corrected chi connectivity index (χ0v) is 7.70. The third-order valence-electron chi connectivity index (χ3n) is 3.18. The SMILES string of the molecule is CCC(C)C1(F)CCCCC1. The van der Waals surface area contributed by atoms with Crippen LogP contribution in [0.4, 0.5) is 4.39 Å². The molecule has 0 aliphatic heterocycles. The van der Waals surface area contributed by atoms with Crippen LogP contribution in [0.15, 0.2) is 0 Å². The van der Waals surface area contributed by atoms with Gasteiger partial charge in [-0.15, -0.1) is 0 Å². The standard InChI is InChI=1S/C10H19F/c1-3-9(2)10(11)7-5-4-6-8-10/h9H,3-8H2,1-2H3. The second-order valence-corrected chi connectivity index (χ2v) is 3.90. The van der Waals surface area contributed by atoms with Gasteiger partial charge in [-0.05, 0) is 18.8 Å². The van der Waals surface area contributed by atoms with Crippen molar-refractivity contribution in [1.82, 2.24) is 0 Å². The van der Waals surface area contributed by atoms with Crippen molar-refractivity contribution in [2.45, 2.75) is 58.0 Å². The number of hydrogen-bond acceptors (Lipinski definition) is 0. The van der Waals surface area contributed by atoms with Gasteiger partial charge in [-0.25, -0.2) is 4.39 Å². The van der Waals surface area contributed by atoms with Crippen molar-refractivity contribution in [1.29, 1.82) is 0 Å². The van der Waals surface area contributed by atoms with Crippen LogP contribution in [-0.4, -0.2) is 5.67 Å². The van der Waals surface area contributed by atoms with Gasteiger partial charge in [0.2, 0.25) is 0 Å². The van der Waals surface area contributed by atoms with Crippen LogP contribution in [0.1, 0.15) is 52.4 Å². The first kappa shape index (κ1) is 9.02. The number of rotatable bonds is 2. The molecule has 0 amide bonds. The second kappa shape index (κ2) is 3.55. The first-order chi connectivity index (χ1) is 5.19. The topological polar surface area (TPSA) is 0 Å². The third-order valence-corrected chi connectivity index (χ3v) is 3.18. The zero-order valence-electron chi connectivity index (χ0n) is 7.70. The highest BCUT2D eigenvalue weighted by molar-refractivity contribution is 4.86. The van der Waals surface area contributed by atoms with E-state index in [1.807, 2.05) is 6.92 Å². The van der Waals surface area contributed by atoms with E-state index in [-0.39, 0.29) is 5.92 Å². The Balaban J connectivity index is 2.49. The molecule has 1 saturated carbocycles. The maximum Gasteiger partial charge on any atom is 0.113 e. The zero-order chi connectivity index (χ0) is 8.32. The Bertz CT molecular complexity index is 114. The summed E-state index contributed by atoms with van der Waals surface area (Å²) in [7, 11) is 0. The molecule has 0 nitrogen and oxygen atoms in total. The third kappa shape index (κ3) is 1.94. The van der Waals surface area contributed by atoms with E-state index in [2.05, 4.69) is 6.92 Å². The van der Waals surface area contributed by atoms with Crippen LogP contribution in [0.25, 0.3) is 0 Å². The molecule has 66 valence electrons. The van der Waals surface area contributed by atoms with Crippen LogP contribution in [0, 0.1) is 5.92 Å². The Kier molecular flexibility index (Phi) is 2.91. The number of alkyl halides is 1. The average Bonchev–Trinajstić information content (AvgIpc) is 2.04. The van der Waals surface area contributed by atoms with Crippen molar-refractivity contribution in [3.8, 4) is 0 Å². The molecule has 0 aromatic heterocycles. The van der Waals surface area contributed by atoms with Crippen LogP contribution < -0.4 is 0 Å². The van der Waals surface area contributed by atoms with E-state index >= 15 is 0 Å². The van der Waals surface area contributed by atoms with E-state index in [4.69, 9.17) is 0 Å². The van der Waals surface area contributed by atoms with E-state index in [1.54, 1.807) is 0 Å². The smallest absolute Gasteiger partial charge is 0.113 e. The summed E-state index contributed by atoms with van der Waals surface area (Å²) in [6.07, 6.45) is 6.03. The summed E-state index contributed by atoms with van der Waals surface area (Å²) in [5.41, 5.74) is -0.812. The molecule has 0 aromatic rings. The van der Waals surface area contributed by atoms with Gasteiger partial charge in [0.1, 0.15) is 5.67 Å². The molecule has 0 radical (unpaired) electrons. The van der Waals surface area contributed by atoms with E-state index in [1.165, 1.54) is 6.42 Å². The predicted molar refractivity (Wildman–Crippen MR) is 46.4 cm³/mol. The molecule has 1 fully saturated rings. The van der Waals surface area contributed by atoms with Gasteiger partial charge in [0, 0.05) is 0 Å². The molecule has 0 bridgehead atoms. The van der Waals surface area contributed by atoms with Gasteiger partial charge in [-0.1, -0.05) is 39.5 Å². The molecule has 0 N–H and O–H groups in total. The molecule has 0 spiro atoms. The lowest BCUT2D eigenvalue weighted by Crippen LogP contribution is -2.33. The molecule has 1 rings (SSSR count). The van der Waals surface area contributed by atoms with Crippen molar-refractivity contribution >= 4 is 0 Å². The normalized spacial score (nSPS) is 26.5. The second-order valence-electron chi connectivity index (χ2n) is 3.90. The fraction of sp³-hybridized carbons (Fsp3) is 1.00. The van der Waals surface area contributed by atoms with E-state index in [9.17, 15) is 4.39 Å². The van der Waals surface area contributed by atoms with E-state index in [0.29, 0.717) is 0 Å². The largest absolute Gasteiger partial charge is 0.244 e. The maximum atomic E-state index is 14.0. The fourth-order valence-electron chi connectivity index (χ4n) is 2.00. The lowest BCUT2D eigenvalue weighted by Gasteiger charge is -2.34. The minimum Gasteiger partial charge on any atom is -0.244 e. The monoisotopic (exact) mass is 158 g/mol. The molecule has 1 atom stereocenters. The molecule has 0 saturated heterocycles. The van der Waals surface area contributed by atoms with Crippen LogP contribution in [0.2, 0.25) is 0 Å². The molecule has 11 heavy (non-hydrogen) atoms. The lowest BCUT2D eigenvalue weighted by molar-refractivity contribution is 0.0448. The molecule has 1 aliphatic carbocycles. The Morgan fingerprint density at radius 1 is 1.27 bits per heavy atom. The Morgan fingerprint density at radius 3 is 2.27 bits per heavy atom. The van der Waals surface area contributed by atoms with Gasteiger partial charge >= 0.3 is 0 Å². The molecule has 1 heteroatoms. The van der Waals surface area contributed by atoms with Gasteiger partial charge in [0.05, 0.1) is 0 Å². The summed E-state index contributed by atoms with van der Waals surface area (Å²) < 4.78 is 14.0. The Hall–Kier alpha value is -0.0700. The minimum atomic E-state index is -0.812. The van der Waals surface area contributed by atoms with Crippen molar-refractivity contribution < 1.29 is 4.39 Å². The van der Waals surface area contributed by atoms with E-state index in [0.717, 1.165) is 32.1 Å². The van der Waals surface area contributed by atoms with E-state index < -0.39 is 5.67 Å². The first-order valence-corrected chi connectivity index (χ1v) is 4.88. The van der Waals surface area contributed by atoms with Gasteiger partial charge in [-0.3, -0.25) is 0 Å². The Labute approximate surface area is 69.2 Å². The van der Waals surface area contributed by atoms with Crippen LogP contribution >= 0.6 is 0 Å². The highest BCUT2D eigenvalue weighted by Crippen LogP contribution is 2.38. The molecule has 0 aromatic carbocycles. The van der Waals surface area contributed by atoms with Gasteiger partial charge < -0.3 is 0 Å². The van der Waals surface area contributed by atoms with Crippen molar-refractivity contribution in [2.75, 3.05) is 0 Å². The maximum absolute atomic E-state index is 14.0. The molecule has 0 heterocycles. The summed E-state index contributed by atoms with van der Waals surface area (Å²) in [6, 6.07) is 0.